The largest absolute Gasteiger partial charge is 0.332 e. The van der Waals surface area contributed by atoms with Crippen molar-refractivity contribution in [3.05, 3.63) is 69.7 Å². The Kier molecular flexibility index (Phi) is 8.07. The lowest BCUT2D eigenvalue weighted by atomic mass is 10.2. The Hall–Kier alpha value is -2.67. The molecule has 0 aliphatic carbocycles. The van der Waals surface area contributed by atoms with Crippen molar-refractivity contribution >= 4 is 77.4 Å². The molecule has 3 rings (SSSR count). The third-order valence-corrected chi connectivity index (χ3v) is 7.15. The van der Waals surface area contributed by atoms with Gasteiger partial charge in [-0.1, -0.05) is 46.3 Å². The highest BCUT2D eigenvalue weighted by molar-refractivity contribution is 9.10. The highest BCUT2D eigenvalue weighted by Crippen LogP contribution is 2.21. The molecule has 1 heterocycles. The monoisotopic (exact) mass is 551 g/mol. The molecule has 3 aromatic rings. The predicted octanol–water partition coefficient (Wildman–Crippen LogP) is 4.19. The average molecular weight is 553 g/mol. The van der Waals surface area contributed by atoms with Crippen LogP contribution in [0.1, 0.15) is 17.5 Å². The summed E-state index contributed by atoms with van der Waals surface area (Å²) in [5, 5.41) is 14.1. The molecule has 32 heavy (non-hydrogen) atoms. The summed E-state index contributed by atoms with van der Waals surface area (Å²) in [4.78, 5) is 12.1. The maximum atomic E-state index is 12.5. The lowest BCUT2D eigenvalue weighted by Gasteiger charge is -2.09. The fourth-order valence-electron chi connectivity index (χ4n) is 2.39. The van der Waals surface area contributed by atoms with Gasteiger partial charge in [0.15, 0.2) is 5.11 Å². The van der Waals surface area contributed by atoms with Gasteiger partial charge < -0.3 is 5.32 Å². The van der Waals surface area contributed by atoms with Gasteiger partial charge in [-0.25, -0.2) is 8.42 Å². The highest BCUT2D eigenvalue weighted by Gasteiger charge is 2.16. The number of hydrogen-bond donors (Lipinski definition) is 3. The van der Waals surface area contributed by atoms with Gasteiger partial charge in [0, 0.05) is 16.2 Å². The van der Waals surface area contributed by atoms with Gasteiger partial charge >= 0.3 is 0 Å². The number of halogens is 1. The number of thiocarbonyl (C=S) groups is 1. The number of hydrogen-bond acceptors (Lipinski definition) is 7. The number of carbonyl (C=O) groups excluding carboxylic acids is 1. The van der Waals surface area contributed by atoms with Crippen LogP contribution in [0, 0.1) is 0 Å². The molecule has 1 amide bonds. The maximum absolute atomic E-state index is 12.5. The van der Waals surface area contributed by atoms with Crippen LogP contribution in [0.2, 0.25) is 0 Å². The first-order valence-electron chi connectivity index (χ1n) is 9.26. The molecule has 0 spiro atoms. The molecular formula is C20H18BrN5O3S3. The fourth-order valence-corrected chi connectivity index (χ4v) is 4.78. The Balaban J connectivity index is 1.55. The molecule has 166 valence electrons. The Morgan fingerprint density at radius 1 is 1.12 bits per heavy atom. The summed E-state index contributed by atoms with van der Waals surface area (Å²) in [6.45, 7) is 1.91. The van der Waals surface area contributed by atoms with E-state index in [2.05, 4.69) is 41.5 Å². The van der Waals surface area contributed by atoms with Gasteiger partial charge in [0.25, 0.3) is 10.0 Å². The molecule has 0 aliphatic rings. The molecule has 0 radical (unpaired) electrons. The van der Waals surface area contributed by atoms with Crippen molar-refractivity contribution in [1.82, 2.24) is 15.5 Å². The summed E-state index contributed by atoms with van der Waals surface area (Å²) in [6, 6.07) is 13.4. The van der Waals surface area contributed by atoms with Gasteiger partial charge in [0.1, 0.15) is 5.01 Å². The van der Waals surface area contributed by atoms with Crippen LogP contribution in [-0.4, -0.2) is 29.6 Å². The van der Waals surface area contributed by atoms with Crippen LogP contribution in [-0.2, 0) is 21.2 Å². The van der Waals surface area contributed by atoms with Crippen molar-refractivity contribution in [3.8, 4) is 0 Å². The number of amides is 1. The number of aromatic nitrogens is 2. The third kappa shape index (κ3) is 6.92. The number of anilines is 2. The molecule has 0 atom stereocenters. The predicted molar refractivity (Wildman–Crippen MR) is 134 cm³/mol. The minimum atomic E-state index is -3.79. The minimum absolute atomic E-state index is 0.0590. The van der Waals surface area contributed by atoms with E-state index in [-0.39, 0.29) is 15.1 Å². The van der Waals surface area contributed by atoms with Crippen LogP contribution in [0.25, 0.3) is 6.08 Å². The van der Waals surface area contributed by atoms with E-state index in [9.17, 15) is 13.2 Å². The Morgan fingerprint density at radius 2 is 1.81 bits per heavy atom. The number of aryl methyl sites for hydroxylation is 1. The SMILES string of the molecule is CCc1nnc(NS(=O)(=O)c2ccc(NC(=S)NC(=O)/C=C/c3ccc(Br)cc3)cc2)s1. The van der Waals surface area contributed by atoms with Crippen LogP contribution in [0.3, 0.4) is 0 Å². The first-order chi connectivity index (χ1) is 15.2. The van der Waals surface area contributed by atoms with Gasteiger partial charge in [0.2, 0.25) is 11.0 Å². The van der Waals surface area contributed by atoms with Crippen molar-refractivity contribution in [2.75, 3.05) is 10.0 Å². The highest BCUT2D eigenvalue weighted by atomic mass is 79.9. The lowest BCUT2D eigenvalue weighted by Crippen LogP contribution is -2.32. The van der Waals surface area contributed by atoms with E-state index in [0.29, 0.717) is 12.1 Å². The van der Waals surface area contributed by atoms with Crippen molar-refractivity contribution < 1.29 is 13.2 Å². The van der Waals surface area contributed by atoms with Crippen LogP contribution in [0.4, 0.5) is 10.8 Å². The zero-order chi connectivity index (χ0) is 23.1. The summed E-state index contributed by atoms with van der Waals surface area (Å²) in [7, 11) is -3.79. The van der Waals surface area contributed by atoms with Crippen molar-refractivity contribution in [1.29, 1.82) is 0 Å². The Morgan fingerprint density at radius 3 is 2.44 bits per heavy atom. The number of rotatable bonds is 7. The summed E-state index contributed by atoms with van der Waals surface area (Å²) in [6.07, 6.45) is 3.71. The lowest BCUT2D eigenvalue weighted by molar-refractivity contribution is -0.115. The third-order valence-electron chi connectivity index (χ3n) is 3.95. The molecule has 1 aromatic heterocycles. The normalized spacial score (nSPS) is 11.3. The molecule has 3 N–H and O–H groups in total. The summed E-state index contributed by atoms with van der Waals surface area (Å²) in [5.74, 6) is -0.391. The molecule has 12 heteroatoms. The van der Waals surface area contributed by atoms with Crippen LogP contribution < -0.4 is 15.4 Å². The van der Waals surface area contributed by atoms with Gasteiger partial charge in [-0.2, -0.15) is 0 Å². The van der Waals surface area contributed by atoms with E-state index >= 15 is 0 Å². The van der Waals surface area contributed by atoms with E-state index in [1.165, 1.54) is 29.5 Å². The number of benzene rings is 2. The van der Waals surface area contributed by atoms with E-state index < -0.39 is 15.9 Å². The van der Waals surface area contributed by atoms with Crippen molar-refractivity contribution in [2.45, 2.75) is 18.2 Å². The zero-order valence-corrected chi connectivity index (χ0v) is 20.7. The topological polar surface area (TPSA) is 113 Å². The summed E-state index contributed by atoms with van der Waals surface area (Å²) < 4.78 is 28.4. The average Bonchev–Trinajstić information content (AvgIpc) is 3.20. The molecule has 0 aliphatic heterocycles. The standard InChI is InChI=1S/C20H18BrN5O3S3/c1-2-18-24-25-20(31-18)26-32(28,29)16-10-8-15(9-11-16)22-19(30)23-17(27)12-5-13-3-6-14(21)7-4-13/h3-12H,2H2,1H3,(H,25,26)(H2,22,23,27,30)/b12-5+. The molecule has 0 unspecified atom stereocenters. The van der Waals surface area contributed by atoms with E-state index in [0.717, 1.165) is 15.0 Å². The summed E-state index contributed by atoms with van der Waals surface area (Å²) in [5.41, 5.74) is 1.39. The molecule has 0 saturated heterocycles. The van der Waals surface area contributed by atoms with Crippen molar-refractivity contribution in [3.63, 3.8) is 0 Å². The molecular weight excluding hydrogens is 534 g/mol. The number of sulfonamides is 1. The second-order valence-corrected chi connectivity index (χ2v) is 10.4. The van der Waals surface area contributed by atoms with Gasteiger partial charge in [-0.05, 0) is 66.7 Å². The number of carbonyl (C=O) groups is 1. The zero-order valence-electron chi connectivity index (χ0n) is 16.7. The van der Waals surface area contributed by atoms with Crippen LogP contribution >= 0.6 is 39.5 Å². The van der Waals surface area contributed by atoms with Gasteiger partial charge in [-0.3, -0.25) is 14.8 Å². The molecule has 0 bridgehead atoms. The van der Waals surface area contributed by atoms with Crippen molar-refractivity contribution in [2.24, 2.45) is 0 Å². The smallest absolute Gasteiger partial charge is 0.263 e. The van der Waals surface area contributed by atoms with Crippen LogP contribution in [0.5, 0.6) is 0 Å². The van der Waals surface area contributed by atoms with Gasteiger partial charge in [-0.15, -0.1) is 10.2 Å². The maximum Gasteiger partial charge on any atom is 0.263 e. The molecule has 0 fully saturated rings. The fraction of sp³-hybridized carbons (Fsp3) is 0.100. The molecule has 2 aromatic carbocycles. The Labute approximate surface area is 203 Å². The van der Waals surface area contributed by atoms with E-state index in [1.807, 2.05) is 31.2 Å². The summed E-state index contributed by atoms with van der Waals surface area (Å²) >= 11 is 9.68. The number of nitrogens with one attached hydrogen (secondary N) is 3. The van der Waals surface area contributed by atoms with Gasteiger partial charge in [0.05, 0.1) is 4.90 Å². The second-order valence-electron chi connectivity index (χ2n) is 6.31. The molecule has 0 saturated carbocycles. The first-order valence-corrected chi connectivity index (χ1v) is 12.8. The second kappa shape index (κ2) is 10.8. The van der Waals surface area contributed by atoms with E-state index in [1.54, 1.807) is 18.2 Å². The minimum Gasteiger partial charge on any atom is -0.332 e. The number of nitrogens with zero attached hydrogens (tertiary/aromatic N) is 2. The Bertz CT molecular complexity index is 1240. The first kappa shape index (κ1) is 24.0. The van der Waals surface area contributed by atoms with E-state index in [4.69, 9.17) is 12.2 Å². The quantitative estimate of drug-likeness (QED) is 0.298. The van der Waals surface area contributed by atoms with Crippen LogP contribution in [0.15, 0.2) is 64.0 Å². The molecule has 8 nitrogen and oxygen atoms in total.